The molecule has 2 rings (SSSR count). The average Bonchev–Trinajstić information content (AvgIpc) is 2.46. The van der Waals surface area contributed by atoms with Gasteiger partial charge in [-0.25, -0.2) is 0 Å². The van der Waals surface area contributed by atoms with E-state index in [1.807, 2.05) is 6.07 Å². The van der Waals surface area contributed by atoms with E-state index >= 15 is 0 Å². The third-order valence-corrected chi connectivity index (χ3v) is 3.61. The maximum absolute atomic E-state index is 6.07. The number of ether oxygens (including phenoxy) is 2. The highest BCUT2D eigenvalue weighted by atomic mass is 35.5. The molecule has 0 heterocycles. The largest absolute Gasteiger partial charge is 0.496 e. The van der Waals surface area contributed by atoms with Crippen LogP contribution in [0.4, 0.5) is 0 Å². The molecule has 0 atom stereocenters. The summed E-state index contributed by atoms with van der Waals surface area (Å²) in [6.07, 6.45) is 0. The molecule has 0 fully saturated rings. The summed E-state index contributed by atoms with van der Waals surface area (Å²) < 4.78 is 11.0. The van der Waals surface area contributed by atoms with Gasteiger partial charge in [0, 0.05) is 16.1 Å². The summed E-state index contributed by atoms with van der Waals surface area (Å²) in [4.78, 5) is 0.323. The van der Waals surface area contributed by atoms with Crippen molar-refractivity contribution in [2.45, 2.75) is 6.61 Å². The van der Waals surface area contributed by atoms with Crippen LogP contribution in [0.25, 0.3) is 0 Å². The second-order valence-electron chi connectivity index (χ2n) is 4.25. The van der Waals surface area contributed by atoms with Crippen molar-refractivity contribution in [2.75, 3.05) is 7.11 Å². The minimum Gasteiger partial charge on any atom is -0.496 e. The van der Waals surface area contributed by atoms with Crippen molar-refractivity contribution in [3.63, 3.8) is 0 Å². The Labute approximate surface area is 138 Å². The standard InChI is InChI=1S/C15H13Cl2NO2S/c1-19-13-4-2-9(15(18)21)6-10(13)8-20-14-5-3-11(16)7-12(14)17/h2-7H,8H2,1H3,(H2,18,21). The lowest BCUT2D eigenvalue weighted by molar-refractivity contribution is 0.297. The average molecular weight is 342 g/mol. The molecule has 0 unspecified atom stereocenters. The molecule has 0 radical (unpaired) electrons. The molecule has 6 heteroatoms. The van der Waals surface area contributed by atoms with Crippen molar-refractivity contribution < 1.29 is 9.47 Å². The zero-order chi connectivity index (χ0) is 15.4. The van der Waals surface area contributed by atoms with Gasteiger partial charge in [-0.2, -0.15) is 0 Å². The highest BCUT2D eigenvalue weighted by Gasteiger charge is 2.09. The van der Waals surface area contributed by atoms with Gasteiger partial charge in [-0.3, -0.25) is 0 Å². The van der Waals surface area contributed by atoms with E-state index < -0.39 is 0 Å². The second-order valence-corrected chi connectivity index (χ2v) is 5.54. The molecule has 0 amide bonds. The molecule has 110 valence electrons. The lowest BCUT2D eigenvalue weighted by Crippen LogP contribution is -2.10. The molecule has 2 N–H and O–H groups in total. The Kier molecular flexibility index (Phi) is 5.28. The van der Waals surface area contributed by atoms with E-state index in [0.29, 0.717) is 26.5 Å². The van der Waals surface area contributed by atoms with Crippen LogP contribution in [0.2, 0.25) is 10.0 Å². The third-order valence-electron chi connectivity index (χ3n) is 2.84. The van der Waals surface area contributed by atoms with E-state index in [4.69, 9.17) is 50.6 Å². The van der Waals surface area contributed by atoms with E-state index in [0.717, 1.165) is 11.1 Å². The number of methoxy groups -OCH3 is 1. The van der Waals surface area contributed by atoms with Crippen molar-refractivity contribution in [3.05, 3.63) is 57.6 Å². The Morgan fingerprint density at radius 3 is 2.48 bits per heavy atom. The summed E-state index contributed by atoms with van der Waals surface area (Å²) in [5.41, 5.74) is 7.22. The van der Waals surface area contributed by atoms with E-state index in [1.54, 1.807) is 37.4 Å². The Morgan fingerprint density at radius 2 is 1.86 bits per heavy atom. The van der Waals surface area contributed by atoms with E-state index in [1.165, 1.54) is 0 Å². The first-order valence-electron chi connectivity index (χ1n) is 6.06. The molecule has 2 aromatic carbocycles. The van der Waals surface area contributed by atoms with Crippen molar-refractivity contribution in [1.82, 2.24) is 0 Å². The van der Waals surface area contributed by atoms with Crippen LogP contribution in [0.15, 0.2) is 36.4 Å². The first-order valence-corrected chi connectivity index (χ1v) is 7.22. The van der Waals surface area contributed by atoms with Gasteiger partial charge < -0.3 is 15.2 Å². The van der Waals surface area contributed by atoms with Crippen LogP contribution < -0.4 is 15.2 Å². The van der Waals surface area contributed by atoms with Crippen LogP contribution in [0, 0.1) is 0 Å². The summed E-state index contributed by atoms with van der Waals surface area (Å²) >= 11 is 16.9. The van der Waals surface area contributed by atoms with Crippen LogP contribution in [0.5, 0.6) is 11.5 Å². The maximum atomic E-state index is 6.07. The number of benzene rings is 2. The number of rotatable bonds is 5. The quantitative estimate of drug-likeness (QED) is 0.827. The molecule has 0 aliphatic carbocycles. The molecule has 2 aromatic rings. The Hall–Kier alpha value is -1.49. The van der Waals surface area contributed by atoms with Gasteiger partial charge in [0.15, 0.2) is 0 Å². The normalized spacial score (nSPS) is 10.2. The van der Waals surface area contributed by atoms with Gasteiger partial charge in [0.25, 0.3) is 0 Å². The Balaban J connectivity index is 2.22. The summed E-state index contributed by atoms with van der Waals surface area (Å²) in [7, 11) is 1.59. The highest BCUT2D eigenvalue weighted by molar-refractivity contribution is 7.80. The number of hydrogen-bond donors (Lipinski definition) is 1. The fourth-order valence-electron chi connectivity index (χ4n) is 1.79. The van der Waals surface area contributed by atoms with Crippen molar-refractivity contribution in [1.29, 1.82) is 0 Å². The van der Waals surface area contributed by atoms with Crippen LogP contribution in [0.3, 0.4) is 0 Å². The lowest BCUT2D eigenvalue weighted by atomic mass is 10.1. The molecule has 0 saturated heterocycles. The molecule has 0 aromatic heterocycles. The lowest BCUT2D eigenvalue weighted by Gasteiger charge is -2.12. The SMILES string of the molecule is COc1ccc(C(N)=S)cc1COc1ccc(Cl)cc1Cl. The summed E-state index contributed by atoms with van der Waals surface area (Å²) in [6, 6.07) is 10.5. The molecule has 0 bridgehead atoms. The Bertz CT molecular complexity index is 677. The van der Waals surface area contributed by atoms with Gasteiger partial charge in [0.1, 0.15) is 23.1 Å². The molecule has 0 spiro atoms. The number of thiocarbonyl (C=S) groups is 1. The van der Waals surface area contributed by atoms with E-state index in [2.05, 4.69) is 0 Å². The van der Waals surface area contributed by atoms with Gasteiger partial charge in [0.2, 0.25) is 0 Å². The Morgan fingerprint density at radius 1 is 1.14 bits per heavy atom. The number of halogens is 2. The zero-order valence-electron chi connectivity index (χ0n) is 11.2. The first kappa shape index (κ1) is 15.9. The third kappa shape index (κ3) is 4.00. The molecule has 0 aliphatic rings. The highest BCUT2D eigenvalue weighted by Crippen LogP contribution is 2.29. The van der Waals surface area contributed by atoms with E-state index in [-0.39, 0.29) is 6.61 Å². The van der Waals surface area contributed by atoms with Gasteiger partial charge in [0.05, 0.1) is 12.1 Å². The molecule has 0 aliphatic heterocycles. The molecular weight excluding hydrogens is 329 g/mol. The minimum absolute atomic E-state index is 0.279. The van der Waals surface area contributed by atoms with Crippen molar-refractivity contribution in [3.8, 4) is 11.5 Å². The van der Waals surface area contributed by atoms with Crippen LogP contribution in [-0.4, -0.2) is 12.1 Å². The van der Waals surface area contributed by atoms with Crippen molar-refractivity contribution >= 4 is 40.4 Å². The molecule has 0 saturated carbocycles. The van der Waals surface area contributed by atoms with Gasteiger partial charge in [-0.1, -0.05) is 35.4 Å². The van der Waals surface area contributed by atoms with E-state index in [9.17, 15) is 0 Å². The first-order chi connectivity index (χ1) is 10.0. The van der Waals surface area contributed by atoms with Gasteiger partial charge >= 0.3 is 0 Å². The predicted octanol–water partition coefficient (Wildman–Crippen LogP) is 4.22. The second kappa shape index (κ2) is 6.98. The summed E-state index contributed by atoms with van der Waals surface area (Å²) in [6.45, 7) is 0.279. The van der Waals surface area contributed by atoms with Crippen molar-refractivity contribution in [2.24, 2.45) is 5.73 Å². The fraction of sp³-hybridized carbons (Fsp3) is 0.133. The monoisotopic (exact) mass is 341 g/mol. The number of hydrogen-bond acceptors (Lipinski definition) is 3. The van der Waals surface area contributed by atoms with Gasteiger partial charge in [-0.05, 0) is 36.4 Å². The summed E-state index contributed by atoms with van der Waals surface area (Å²) in [5.74, 6) is 1.24. The summed E-state index contributed by atoms with van der Waals surface area (Å²) in [5, 5.41) is 1.01. The minimum atomic E-state index is 0.279. The molecule has 21 heavy (non-hydrogen) atoms. The van der Waals surface area contributed by atoms with Gasteiger partial charge in [-0.15, -0.1) is 0 Å². The number of nitrogens with two attached hydrogens (primary N) is 1. The predicted molar refractivity (Wildman–Crippen MR) is 89.7 cm³/mol. The topological polar surface area (TPSA) is 44.5 Å². The zero-order valence-corrected chi connectivity index (χ0v) is 13.6. The molecule has 3 nitrogen and oxygen atoms in total. The van der Waals surface area contributed by atoms with Crippen LogP contribution in [0.1, 0.15) is 11.1 Å². The molecular formula is C15H13Cl2NO2S. The smallest absolute Gasteiger partial charge is 0.138 e. The fourth-order valence-corrected chi connectivity index (χ4v) is 2.38. The van der Waals surface area contributed by atoms with Crippen LogP contribution >= 0.6 is 35.4 Å². The van der Waals surface area contributed by atoms with Crippen LogP contribution in [-0.2, 0) is 6.61 Å². The maximum Gasteiger partial charge on any atom is 0.138 e.